The third kappa shape index (κ3) is 1.90. The zero-order chi connectivity index (χ0) is 10.8. The fourth-order valence-corrected chi connectivity index (χ4v) is 2.03. The Morgan fingerprint density at radius 2 is 2.07 bits per heavy atom. The van der Waals surface area contributed by atoms with Gasteiger partial charge >= 0.3 is 0 Å². The van der Waals surface area contributed by atoms with Gasteiger partial charge in [-0.1, -0.05) is 11.6 Å². The van der Waals surface area contributed by atoms with E-state index in [2.05, 4.69) is 37.0 Å². The fourth-order valence-electron chi connectivity index (χ4n) is 2.03. The monoisotopic (exact) mass is 202 g/mol. The number of aromatic nitrogens is 1. The number of hydrogen-bond donors (Lipinski definition) is 2. The molecular weight excluding hydrogens is 184 g/mol. The van der Waals surface area contributed by atoms with Crippen molar-refractivity contribution in [2.24, 2.45) is 5.73 Å². The number of H-pyrrole nitrogens is 1. The highest BCUT2D eigenvalue weighted by atomic mass is 14.7. The first-order valence-corrected chi connectivity index (χ1v) is 5.50. The number of nitrogens with two attached hydrogens (primary N) is 1. The molecule has 1 aromatic carbocycles. The molecule has 15 heavy (non-hydrogen) atoms. The van der Waals surface area contributed by atoms with Crippen molar-refractivity contribution < 1.29 is 0 Å². The maximum Gasteiger partial charge on any atom is 0.0459 e. The van der Waals surface area contributed by atoms with Gasteiger partial charge in [-0.05, 0) is 50.9 Å². The van der Waals surface area contributed by atoms with Crippen molar-refractivity contribution in [1.82, 2.24) is 4.98 Å². The normalized spacial score (nSPS) is 11.1. The van der Waals surface area contributed by atoms with E-state index in [0.717, 1.165) is 19.4 Å². The Morgan fingerprint density at radius 1 is 1.27 bits per heavy atom. The van der Waals surface area contributed by atoms with Crippen LogP contribution in [0.15, 0.2) is 18.2 Å². The lowest BCUT2D eigenvalue weighted by Crippen LogP contribution is -2.01. The summed E-state index contributed by atoms with van der Waals surface area (Å²) in [6.07, 6.45) is 2.10. The average molecular weight is 202 g/mol. The van der Waals surface area contributed by atoms with Gasteiger partial charge in [-0.2, -0.15) is 0 Å². The highest BCUT2D eigenvalue weighted by Gasteiger charge is 2.06. The van der Waals surface area contributed by atoms with Gasteiger partial charge in [-0.3, -0.25) is 0 Å². The van der Waals surface area contributed by atoms with Crippen LogP contribution in [0.25, 0.3) is 10.9 Å². The molecule has 0 radical (unpaired) electrons. The molecular formula is C13H18N2. The molecule has 2 heteroatoms. The summed E-state index contributed by atoms with van der Waals surface area (Å²) < 4.78 is 0. The fraction of sp³-hybridized carbons (Fsp3) is 0.385. The molecule has 2 rings (SSSR count). The molecule has 0 aliphatic heterocycles. The molecule has 0 unspecified atom stereocenters. The van der Waals surface area contributed by atoms with Crippen molar-refractivity contribution in [2.75, 3.05) is 6.54 Å². The standard InChI is InChI=1S/C13H18N2/c1-9-5-6-13-11(8-9)10(2)12(15-13)4-3-7-14/h5-6,8,15H,3-4,7,14H2,1-2H3. The Balaban J connectivity index is 2.45. The van der Waals surface area contributed by atoms with Crippen LogP contribution in [0.1, 0.15) is 23.2 Å². The molecule has 3 N–H and O–H groups in total. The van der Waals surface area contributed by atoms with E-state index in [4.69, 9.17) is 5.73 Å². The largest absolute Gasteiger partial charge is 0.358 e. The van der Waals surface area contributed by atoms with Gasteiger partial charge in [0.05, 0.1) is 0 Å². The van der Waals surface area contributed by atoms with Gasteiger partial charge in [-0.25, -0.2) is 0 Å². The zero-order valence-corrected chi connectivity index (χ0v) is 9.43. The second-order valence-electron chi connectivity index (χ2n) is 4.17. The van der Waals surface area contributed by atoms with Gasteiger partial charge < -0.3 is 10.7 Å². The smallest absolute Gasteiger partial charge is 0.0459 e. The van der Waals surface area contributed by atoms with Gasteiger partial charge in [0, 0.05) is 16.6 Å². The molecule has 2 aromatic rings. The van der Waals surface area contributed by atoms with Crippen LogP contribution in [-0.2, 0) is 6.42 Å². The van der Waals surface area contributed by atoms with E-state index in [9.17, 15) is 0 Å². The molecule has 0 atom stereocenters. The molecule has 0 saturated carbocycles. The minimum absolute atomic E-state index is 0.758. The van der Waals surface area contributed by atoms with Gasteiger partial charge in [0.1, 0.15) is 0 Å². The Hall–Kier alpha value is -1.28. The molecule has 0 fully saturated rings. The maximum absolute atomic E-state index is 5.53. The van der Waals surface area contributed by atoms with Crippen LogP contribution in [0.3, 0.4) is 0 Å². The summed E-state index contributed by atoms with van der Waals surface area (Å²) in [6, 6.07) is 6.54. The van der Waals surface area contributed by atoms with Crippen LogP contribution in [-0.4, -0.2) is 11.5 Å². The quantitative estimate of drug-likeness (QED) is 0.789. The Labute approximate surface area is 90.5 Å². The molecule has 0 aliphatic carbocycles. The van der Waals surface area contributed by atoms with E-state index < -0.39 is 0 Å². The molecule has 80 valence electrons. The van der Waals surface area contributed by atoms with Crippen molar-refractivity contribution in [3.05, 3.63) is 35.0 Å². The highest BCUT2D eigenvalue weighted by Crippen LogP contribution is 2.23. The summed E-state index contributed by atoms with van der Waals surface area (Å²) in [5.74, 6) is 0. The van der Waals surface area contributed by atoms with Crippen LogP contribution < -0.4 is 5.73 Å². The van der Waals surface area contributed by atoms with Crippen molar-refractivity contribution in [2.45, 2.75) is 26.7 Å². The van der Waals surface area contributed by atoms with Crippen molar-refractivity contribution in [3.8, 4) is 0 Å². The van der Waals surface area contributed by atoms with Crippen LogP contribution in [0.2, 0.25) is 0 Å². The number of rotatable bonds is 3. The summed E-state index contributed by atoms with van der Waals surface area (Å²) >= 11 is 0. The van der Waals surface area contributed by atoms with Gasteiger partial charge in [0.15, 0.2) is 0 Å². The minimum Gasteiger partial charge on any atom is -0.358 e. The molecule has 1 aromatic heterocycles. The summed E-state index contributed by atoms with van der Waals surface area (Å²) in [7, 11) is 0. The first-order valence-electron chi connectivity index (χ1n) is 5.50. The number of nitrogens with one attached hydrogen (secondary N) is 1. The third-order valence-corrected chi connectivity index (χ3v) is 2.95. The van der Waals surface area contributed by atoms with E-state index >= 15 is 0 Å². The van der Waals surface area contributed by atoms with Gasteiger partial charge in [0.2, 0.25) is 0 Å². The summed E-state index contributed by atoms with van der Waals surface area (Å²) in [4.78, 5) is 3.47. The first-order chi connectivity index (χ1) is 7.22. The van der Waals surface area contributed by atoms with Gasteiger partial charge in [-0.15, -0.1) is 0 Å². The molecule has 0 saturated heterocycles. The lowest BCUT2D eigenvalue weighted by Gasteiger charge is -1.97. The first kappa shape index (κ1) is 10.2. The number of fused-ring (bicyclic) bond motifs is 1. The second kappa shape index (κ2) is 4.07. The molecule has 0 amide bonds. The third-order valence-electron chi connectivity index (χ3n) is 2.95. The highest BCUT2D eigenvalue weighted by molar-refractivity contribution is 5.85. The lowest BCUT2D eigenvalue weighted by molar-refractivity contribution is 0.813. The molecule has 0 spiro atoms. The van der Waals surface area contributed by atoms with Crippen LogP contribution in [0.4, 0.5) is 0 Å². The Bertz CT molecular complexity index is 469. The van der Waals surface area contributed by atoms with E-state index in [1.165, 1.54) is 27.7 Å². The molecule has 0 aliphatic rings. The molecule has 0 bridgehead atoms. The summed E-state index contributed by atoms with van der Waals surface area (Å²) in [5, 5.41) is 1.35. The maximum atomic E-state index is 5.53. The van der Waals surface area contributed by atoms with Gasteiger partial charge in [0.25, 0.3) is 0 Å². The summed E-state index contributed by atoms with van der Waals surface area (Å²) in [6.45, 7) is 5.07. The van der Waals surface area contributed by atoms with Crippen LogP contribution >= 0.6 is 0 Å². The number of benzene rings is 1. The number of aryl methyl sites for hydroxylation is 3. The van der Waals surface area contributed by atoms with Crippen molar-refractivity contribution >= 4 is 10.9 Å². The van der Waals surface area contributed by atoms with Crippen LogP contribution in [0.5, 0.6) is 0 Å². The minimum atomic E-state index is 0.758. The average Bonchev–Trinajstić information content (AvgIpc) is 2.53. The number of hydrogen-bond acceptors (Lipinski definition) is 1. The Morgan fingerprint density at radius 3 is 2.80 bits per heavy atom. The van der Waals surface area contributed by atoms with E-state index in [1.54, 1.807) is 0 Å². The molecule has 1 heterocycles. The number of aromatic amines is 1. The predicted octanol–water partition coefficient (Wildman–Crippen LogP) is 2.68. The zero-order valence-electron chi connectivity index (χ0n) is 9.43. The van der Waals surface area contributed by atoms with E-state index in [0.29, 0.717) is 0 Å². The SMILES string of the molecule is Cc1ccc2[nH]c(CCCN)c(C)c2c1. The van der Waals surface area contributed by atoms with E-state index in [1.807, 2.05) is 0 Å². The van der Waals surface area contributed by atoms with Crippen molar-refractivity contribution in [1.29, 1.82) is 0 Å². The van der Waals surface area contributed by atoms with E-state index in [-0.39, 0.29) is 0 Å². The van der Waals surface area contributed by atoms with Crippen LogP contribution in [0, 0.1) is 13.8 Å². The summed E-state index contributed by atoms with van der Waals surface area (Å²) in [5.41, 5.74) is 10.8. The molecule has 2 nitrogen and oxygen atoms in total. The second-order valence-corrected chi connectivity index (χ2v) is 4.17. The lowest BCUT2D eigenvalue weighted by atomic mass is 10.1. The Kier molecular flexibility index (Phi) is 2.78. The topological polar surface area (TPSA) is 41.8 Å². The van der Waals surface area contributed by atoms with Crippen molar-refractivity contribution in [3.63, 3.8) is 0 Å². The predicted molar refractivity (Wildman–Crippen MR) is 65.1 cm³/mol.